The summed E-state index contributed by atoms with van der Waals surface area (Å²) in [7, 11) is -3.79. The molecule has 8 nitrogen and oxygen atoms in total. The van der Waals surface area contributed by atoms with Crippen molar-refractivity contribution >= 4 is 84.9 Å². The highest BCUT2D eigenvalue weighted by atomic mass is 35.5. The Bertz CT molecular complexity index is 1760. The Balaban J connectivity index is 1.57. The van der Waals surface area contributed by atoms with E-state index in [9.17, 15) is 18.0 Å². The van der Waals surface area contributed by atoms with Gasteiger partial charge in [0.15, 0.2) is 6.61 Å². The first-order valence-electron chi connectivity index (χ1n) is 12.3. The summed E-state index contributed by atoms with van der Waals surface area (Å²) in [5.41, 5.74) is 1.49. The standard InChI is InChI=1S/C28H23Cl4N3O5S/c1-3-35(4-2)41(38,39)16-9-11-20(29)24(13-16)34-25(36)15-40-28(37)19-14-23(33-22-8-6-5-7-17(19)22)18-10-12-21(30)27(32)26(18)31/h5-14H,3-4,15H2,1-2H3,(H,34,36). The highest BCUT2D eigenvalue weighted by molar-refractivity contribution is 7.89. The van der Waals surface area contributed by atoms with E-state index >= 15 is 0 Å². The van der Waals surface area contributed by atoms with Gasteiger partial charge in [-0.05, 0) is 42.5 Å². The largest absolute Gasteiger partial charge is 0.452 e. The Morgan fingerprint density at radius 2 is 1.59 bits per heavy atom. The van der Waals surface area contributed by atoms with E-state index in [1.54, 1.807) is 50.2 Å². The fourth-order valence-electron chi connectivity index (χ4n) is 4.07. The van der Waals surface area contributed by atoms with Gasteiger partial charge < -0.3 is 10.1 Å². The molecule has 0 atom stereocenters. The van der Waals surface area contributed by atoms with Crippen LogP contribution in [0.3, 0.4) is 0 Å². The molecule has 4 aromatic rings. The van der Waals surface area contributed by atoms with Gasteiger partial charge in [-0.25, -0.2) is 18.2 Å². The molecule has 4 rings (SSSR count). The van der Waals surface area contributed by atoms with E-state index in [0.717, 1.165) is 0 Å². The van der Waals surface area contributed by atoms with Gasteiger partial charge in [0.2, 0.25) is 10.0 Å². The number of anilines is 1. The Kier molecular flexibility index (Phi) is 9.79. The molecule has 0 aliphatic rings. The van der Waals surface area contributed by atoms with Crippen LogP contribution in [0.4, 0.5) is 5.69 Å². The minimum atomic E-state index is -3.79. The number of amides is 1. The summed E-state index contributed by atoms with van der Waals surface area (Å²) in [5.74, 6) is -1.51. The molecule has 3 aromatic carbocycles. The summed E-state index contributed by atoms with van der Waals surface area (Å²) >= 11 is 24.9. The van der Waals surface area contributed by atoms with Gasteiger partial charge in [0.1, 0.15) is 0 Å². The average molecular weight is 655 g/mol. The van der Waals surface area contributed by atoms with Crippen molar-refractivity contribution in [1.29, 1.82) is 0 Å². The maximum absolute atomic E-state index is 13.2. The van der Waals surface area contributed by atoms with Crippen LogP contribution in [0.1, 0.15) is 24.2 Å². The van der Waals surface area contributed by atoms with Crippen molar-refractivity contribution < 1.29 is 22.7 Å². The van der Waals surface area contributed by atoms with Crippen molar-refractivity contribution in [3.05, 3.63) is 86.3 Å². The van der Waals surface area contributed by atoms with Gasteiger partial charge >= 0.3 is 5.97 Å². The van der Waals surface area contributed by atoms with Crippen LogP contribution < -0.4 is 5.32 Å². The maximum Gasteiger partial charge on any atom is 0.339 e. The van der Waals surface area contributed by atoms with Gasteiger partial charge in [0, 0.05) is 24.0 Å². The topological polar surface area (TPSA) is 106 Å². The van der Waals surface area contributed by atoms with Crippen LogP contribution in [0.5, 0.6) is 0 Å². The number of halogens is 4. The zero-order valence-electron chi connectivity index (χ0n) is 21.8. The number of aromatic nitrogens is 1. The molecule has 0 aliphatic carbocycles. The fourth-order valence-corrected chi connectivity index (χ4v) is 6.36. The molecule has 1 heterocycles. The molecule has 0 bridgehead atoms. The summed E-state index contributed by atoms with van der Waals surface area (Å²) < 4.78 is 32.4. The molecule has 0 fully saturated rings. The number of nitrogens with zero attached hydrogens (tertiary/aromatic N) is 2. The summed E-state index contributed by atoms with van der Waals surface area (Å²) in [4.78, 5) is 30.4. The number of hydrogen-bond acceptors (Lipinski definition) is 6. The normalized spacial score (nSPS) is 11.6. The van der Waals surface area contributed by atoms with Crippen molar-refractivity contribution in [2.24, 2.45) is 0 Å². The lowest BCUT2D eigenvalue weighted by Gasteiger charge is -2.19. The lowest BCUT2D eigenvalue weighted by molar-refractivity contribution is -0.119. The predicted octanol–water partition coefficient (Wildman–Crippen LogP) is 7.34. The van der Waals surface area contributed by atoms with Crippen LogP contribution in [0.25, 0.3) is 22.2 Å². The second-order valence-corrected chi connectivity index (χ2v) is 12.2. The van der Waals surface area contributed by atoms with Crippen molar-refractivity contribution in [2.45, 2.75) is 18.7 Å². The minimum Gasteiger partial charge on any atom is -0.452 e. The fraction of sp³-hybridized carbons (Fsp3) is 0.179. The van der Waals surface area contributed by atoms with E-state index < -0.39 is 28.5 Å². The molecule has 0 unspecified atom stereocenters. The van der Waals surface area contributed by atoms with Crippen molar-refractivity contribution in [1.82, 2.24) is 9.29 Å². The van der Waals surface area contributed by atoms with Crippen LogP contribution in [0, 0.1) is 0 Å². The second kappa shape index (κ2) is 12.9. The molecule has 0 spiro atoms. The number of para-hydroxylation sites is 1. The Morgan fingerprint density at radius 3 is 2.29 bits per heavy atom. The lowest BCUT2D eigenvalue weighted by atomic mass is 10.0. The van der Waals surface area contributed by atoms with Crippen molar-refractivity contribution in [3.8, 4) is 11.3 Å². The molecular formula is C28H23Cl4N3O5S. The number of pyridine rings is 1. The van der Waals surface area contributed by atoms with Gasteiger partial charge in [0.05, 0.1) is 47.4 Å². The minimum absolute atomic E-state index is 0.0327. The van der Waals surface area contributed by atoms with E-state index in [1.165, 1.54) is 28.6 Å². The van der Waals surface area contributed by atoms with Crippen molar-refractivity contribution in [3.63, 3.8) is 0 Å². The third kappa shape index (κ3) is 6.61. The number of benzene rings is 3. The third-order valence-corrected chi connectivity index (χ3v) is 9.81. The van der Waals surface area contributed by atoms with E-state index in [1.807, 2.05) is 0 Å². The third-order valence-electron chi connectivity index (χ3n) is 6.14. The monoisotopic (exact) mass is 653 g/mol. The molecule has 1 amide bonds. The highest BCUT2D eigenvalue weighted by Crippen LogP contribution is 2.38. The molecule has 214 valence electrons. The van der Waals surface area contributed by atoms with Crippen molar-refractivity contribution in [2.75, 3.05) is 25.0 Å². The van der Waals surface area contributed by atoms with Gasteiger partial charge in [-0.3, -0.25) is 4.79 Å². The van der Waals surface area contributed by atoms with Gasteiger partial charge in [-0.2, -0.15) is 4.31 Å². The van der Waals surface area contributed by atoms with E-state index in [-0.39, 0.29) is 49.3 Å². The zero-order chi connectivity index (χ0) is 29.9. The lowest BCUT2D eigenvalue weighted by Crippen LogP contribution is -2.30. The SMILES string of the molecule is CCN(CC)S(=O)(=O)c1ccc(Cl)c(NC(=O)COC(=O)c2cc(-c3ccc(Cl)c(Cl)c3Cl)nc3ccccc23)c1. The first-order chi connectivity index (χ1) is 19.5. The van der Waals surface area contributed by atoms with Crippen LogP contribution in [-0.2, 0) is 19.6 Å². The van der Waals surface area contributed by atoms with Crippen LogP contribution in [0.15, 0.2) is 65.6 Å². The first kappa shape index (κ1) is 31.0. The number of ether oxygens (including phenoxy) is 1. The molecule has 41 heavy (non-hydrogen) atoms. The second-order valence-electron chi connectivity index (χ2n) is 8.65. The molecule has 0 aliphatic heterocycles. The molecule has 13 heteroatoms. The summed E-state index contributed by atoms with van der Waals surface area (Å²) in [6.07, 6.45) is 0. The van der Waals surface area contributed by atoms with Gasteiger partial charge in [-0.15, -0.1) is 0 Å². The summed E-state index contributed by atoms with van der Waals surface area (Å²) in [6.45, 7) is 3.34. The molecule has 1 N–H and O–H groups in total. The molecule has 1 aromatic heterocycles. The molecule has 0 saturated carbocycles. The Morgan fingerprint density at radius 1 is 0.902 bits per heavy atom. The number of hydrogen-bond donors (Lipinski definition) is 1. The van der Waals surface area contributed by atoms with E-state index in [2.05, 4.69) is 10.3 Å². The van der Waals surface area contributed by atoms with Gasteiger partial charge in [0.25, 0.3) is 5.91 Å². The quantitative estimate of drug-likeness (QED) is 0.150. The smallest absolute Gasteiger partial charge is 0.339 e. The maximum atomic E-state index is 13.2. The number of nitrogens with one attached hydrogen (secondary N) is 1. The number of rotatable bonds is 9. The zero-order valence-corrected chi connectivity index (χ0v) is 25.6. The highest BCUT2D eigenvalue weighted by Gasteiger charge is 2.23. The molecule has 0 radical (unpaired) electrons. The average Bonchev–Trinajstić information content (AvgIpc) is 2.95. The van der Waals surface area contributed by atoms with E-state index in [4.69, 9.17) is 51.1 Å². The van der Waals surface area contributed by atoms with E-state index in [0.29, 0.717) is 22.2 Å². The summed E-state index contributed by atoms with van der Waals surface area (Å²) in [6, 6.07) is 15.6. The summed E-state index contributed by atoms with van der Waals surface area (Å²) in [5, 5.41) is 3.71. The van der Waals surface area contributed by atoms with Crippen LogP contribution >= 0.6 is 46.4 Å². The number of sulfonamides is 1. The van der Waals surface area contributed by atoms with Gasteiger partial charge in [-0.1, -0.05) is 78.5 Å². The number of esters is 1. The Labute approximate surface area is 257 Å². The van der Waals surface area contributed by atoms with Crippen LogP contribution in [0.2, 0.25) is 20.1 Å². The predicted molar refractivity (Wildman–Crippen MR) is 163 cm³/mol. The molecular weight excluding hydrogens is 632 g/mol. The number of carbonyl (C=O) groups excluding carboxylic acids is 2. The molecule has 0 saturated heterocycles. The van der Waals surface area contributed by atoms with Crippen LogP contribution in [-0.4, -0.2) is 49.3 Å². The number of carbonyl (C=O) groups is 2. The first-order valence-corrected chi connectivity index (χ1v) is 15.2. The Hall–Kier alpha value is -2.92. The number of fused-ring (bicyclic) bond motifs is 1.